The molecule has 0 fully saturated rings. The molecule has 4 nitrogen and oxygen atoms in total. The summed E-state index contributed by atoms with van der Waals surface area (Å²) in [5.74, 6) is 0.547. The van der Waals surface area contributed by atoms with Crippen LogP contribution in [0.1, 0.15) is 43.2 Å². The van der Waals surface area contributed by atoms with Crippen LogP contribution in [0, 0.1) is 0 Å². The molecule has 2 rings (SSSR count). The molecule has 0 unspecified atom stereocenters. The van der Waals surface area contributed by atoms with Gasteiger partial charge in [-0.1, -0.05) is 43.5 Å². The van der Waals surface area contributed by atoms with Gasteiger partial charge in [-0.25, -0.2) is 0 Å². The SMILES string of the molecule is Oc1ccccc1C=NCCCCCCCN=Cc1ccccc1O.[Co]. The topological polar surface area (TPSA) is 65.2 Å². The van der Waals surface area contributed by atoms with E-state index in [9.17, 15) is 10.2 Å². The van der Waals surface area contributed by atoms with Crippen molar-refractivity contribution in [1.29, 1.82) is 0 Å². The first kappa shape index (κ1) is 21.9. The molecule has 0 amide bonds. The molecule has 2 aromatic rings. The van der Waals surface area contributed by atoms with Crippen LogP contribution < -0.4 is 0 Å². The minimum Gasteiger partial charge on any atom is -0.507 e. The van der Waals surface area contributed by atoms with Crippen molar-refractivity contribution in [2.24, 2.45) is 9.98 Å². The minimum atomic E-state index is 0. The number of aromatic hydroxyl groups is 2. The molecule has 0 saturated heterocycles. The molecule has 0 bridgehead atoms. The Labute approximate surface area is 165 Å². The first-order chi connectivity index (χ1) is 12.3. The second kappa shape index (κ2) is 13.1. The van der Waals surface area contributed by atoms with Crippen molar-refractivity contribution in [3.8, 4) is 11.5 Å². The van der Waals surface area contributed by atoms with Gasteiger partial charge in [0, 0.05) is 53.4 Å². The van der Waals surface area contributed by atoms with Gasteiger partial charge in [0.1, 0.15) is 11.5 Å². The Bertz CT molecular complexity index is 642. The van der Waals surface area contributed by atoms with Gasteiger partial charge in [0.25, 0.3) is 0 Å². The van der Waals surface area contributed by atoms with E-state index >= 15 is 0 Å². The number of unbranched alkanes of at least 4 members (excludes halogenated alkanes) is 4. The summed E-state index contributed by atoms with van der Waals surface area (Å²) in [6, 6.07) is 14.4. The van der Waals surface area contributed by atoms with Crippen molar-refractivity contribution < 1.29 is 27.0 Å². The molecule has 5 heteroatoms. The quantitative estimate of drug-likeness (QED) is 0.455. The van der Waals surface area contributed by atoms with Crippen LogP contribution in [0.15, 0.2) is 58.5 Å². The van der Waals surface area contributed by atoms with Crippen LogP contribution in [0.5, 0.6) is 11.5 Å². The molecule has 0 saturated carbocycles. The van der Waals surface area contributed by atoms with E-state index < -0.39 is 0 Å². The van der Waals surface area contributed by atoms with Gasteiger partial charge in [0.15, 0.2) is 0 Å². The minimum absolute atomic E-state index is 0. The van der Waals surface area contributed by atoms with Gasteiger partial charge in [-0.3, -0.25) is 9.98 Å². The van der Waals surface area contributed by atoms with E-state index in [-0.39, 0.29) is 28.3 Å². The summed E-state index contributed by atoms with van der Waals surface area (Å²) in [5.41, 5.74) is 1.54. The van der Waals surface area contributed by atoms with E-state index in [0.717, 1.165) is 49.9 Å². The molecule has 0 spiro atoms. The number of phenols is 2. The third kappa shape index (κ3) is 8.31. The number of phenolic OH excluding ortho intramolecular Hbond substituents is 2. The molecule has 141 valence electrons. The van der Waals surface area contributed by atoms with Crippen molar-refractivity contribution in [3.63, 3.8) is 0 Å². The average Bonchev–Trinajstić information content (AvgIpc) is 2.62. The first-order valence-electron chi connectivity index (χ1n) is 8.83. The fraction of sp³-hybridized carbons (Fsp3) is 0.333. The summed E-state index contributed by atoms with van der Waals surface area (Å²) in [5, 5.41) is 19.3. The summed E-state index contributed by atoms with van der Waals surface area (Å²) >= 11 is 0. The first-order valence-corrected chi connectivity index (χ1v) is 8.83. The molecular formula is C21H26CoN2O2. The van der Waals surface area contributed by atoms with E-state index in [1.807, 2.05) is 24.3 Å². The van der Waals surface area contributed by atoms with Crippen LogP contribution in [0.25, 0.3) is 0 Å². The Morgan fingerprint density at radius 1 is 0.615 bits per heavy atom. The maximum absolute atomic E-state index is 9.63. The number of aliphatic imine (C=N–C) groups is 2. The molecule has 0 aliphatic rings. The number of nitrogens with zero attached hydrogens (tertiary/aromatic N) is 2. The van der Waals surface area contributed by atoms with Crippen molar-refractivity contribution in [2.45, 2.75) is 32.1 Å². The molecule has 0 aliphatic heterocycles. The largest absolute Gasteiger partial charge is 0.507 e. The van der Waals surface area contributed by atoms with Gasteiger partial charge in [0.05, 0.1) is 0 Å². The van der Waals surface area contributed by atoms with Gasteiger partial charge in [-0.05, 0) is 37.1 Å². The Hall–Kier alpha value is -2.11. The fourth-order valence-electron chi connectivity index (χ4n) is 2.46. The second-order valence-corrected chi connectivity index (χ2v) is 5.96. The van der Waals surface area contributed by atoms with Crippen molar-refractivity contribution in [2.75, 3.05) is 13.1 Å². The molecule has 2 N–H and O–H groups in total. The van der Waals surface area contributed by atoms with Gasteiger partial charge in [0.2, 0.25) is 0 Å². The van der Waals surface area contributed by atoms with Crippen LogP contribution in [0.4, 0.5) is 0 Å². The van der Waals surface area contributed by atoms with E-state index in [1.54, 1.807) is 36.7 Å². The summed E-state index contributed by atoms with van der Waals surface area (Å²) in [4.78, 5) is 8.72. The monoisotopic (exact) mass is 397 g/mol. The number of para-hydroxylation sites is 2. The van der Waals surface area contributed by atoms with Crippen molar-refractivity contribution in [1.82, 2.24) is 0 Å². The third-order valence-electron chi connectivity index (χ3n) is 3.91. The van der Waals surface area contributed by atoms with Crippen molar-refractivity contribution in [3.05, 3.63) is 59.7 Å². The fourth-order valence-corrected chi connectivity index (χ4v) is 2.46. The Balaban J connectivity index is 0.00000338. The molecule has 0 aromatic heterocycles. The third-order valence-corrected chi connectivity index (χ3v) is 3.91. The summed E-state index contributed by atoms with van der Waals surface area (Å²) in [6.07, 6.45) is 9.09. The molecule has 2 aromatic carbocycles. The van der Waals surface area contributed by atoms with E-state index in [1.165, 1.54) is 6.42 Å². The zero-order chi connectivity index (χ0) is 17.7. The van der Waals surface area contributed by atoms with Crippen LogP contribution >= 0.6 is 0 Å². The summed E-state index contributed by atoms with van der Waals surface area (Å²) in [6.45, 7) is 1.58. The maximum Gasteiger partial charge on any atom is 0.124 e. The molecule has 0 heterocycles. The zero-order valence-electron chi connectivity index (χ0n) is 14.8. The van der Waals surface area contributed by atoms with Gasteiger partial charge in [-0.2, -0.15) is 0 Å². The molecule has 0 aliphatic carbocycles. The Kier molecular flexibility index (Phi) is 11.1. The van der Waals surface area contributed by atoms with Crippen LogP contribution in [0.2, 0.25) is 0 Å². The van der Waals surface area contributed by atoms with Crippen LogP contribution in [-0.2, 0) is 16.8 Å². The molecule has 0 atom stereocenters. The van der Waals surface area contributed by atoms with Crippen LogP contribution in [-0.4, -0.2) is 35.7 Å². The second-order valence-electron chi connectivity index (χ2n) is 5.96. The molecular weight excluding hydrogens is 371 g/mol. The van der Waals surface area contributed by atoms with Crippen LogP contribution in [0.3, 0.4) is 0 Å². The summed E-state index contributed by atoms with van der Waals surface area (Å²) in [7, 11) is 0. The Morgan fingerprint density at radius 3 is 1.42 bits per heavy atom. The molecule has 26 heavy (non-hydrogen) atoms. The summed E-state index contributed by atoms with van der Waals surface area (Å²) < 4.78 is 0. The predicted molar refractivity (Wildman–Crippen MR) is 104 cm³/mol. The van der Waals surface area contributed by atoms with Crippen molar-refractivity contribution >= 4 is 12.4 Å². The maximum atomic E-state index is 9.63. The standard InChI is InChI=1S/C21H26N2O2.Co/c24-20-12-6-4-10-18(20)16-22-14-8-2-1-3-9-15-23-17-19-11-5-7-13-21(19)25;/h4-7,10-13,16-17,24-25H,1-3,8-9,14-15H2;. The smallest absolute Gasteiger partial charge is 0.124 e. The zero-order valence-corrected chi connectivity index (χ0v) is 15.9. The van der Waals surface area contributed by atoms with E-state index in [4.69, 9.17) is 0 Å². The van der Waals surface area contributed by atoms with E-state index in [2.05, 4.69) is 9.98 Å². The van der Waals surface area contributed by atoms with E-state index in [0.29, 0.717) is 0 Å². The number of benzene rings is 2. The predicted octanol–water partition coefficient (Wildman–Crippen LogP) is 4.58. The Morgan fingerprint density at radius 2 is 1.00 bits per heavy atom. The van der Waals surface area contributed by atoms with Gasteiger partial charge >= 0.3 is 0 Å². The van der Waals surface area contributed by atoms with Gasteiger partial charge in [-0.15, -0.1) is 0 Å². The number of hydrogen-bond donors (Lipinski definition) is 2. The normalized spacial score (nSPS) is 11.1. The number of rotatable bonds is 10. The number of hydrogen-bond acceptors (Lipinski definition) is 4. The molecule has 1 radical (unpaired) electrons. The van der Waals surface area contributed by atoms with Gasteiger partial charge < -0.3 is 10.2 Å². The average molecular weight is 397 g/mol.